The molecule has 106 valence electrons. The molecule has 2 nitrogen and oxygen atoms in total. The number of halogens is 1. The summed E-state index contributed by atoms with van der Waals surface area (Å²) in [6, 6.07) is 5.86. The van der Waals surface area contributed by atoms with E-state index in [9.17, 15) is 4.39 Å². The van der Waals surface area contributed by atoms with E-state index in [-0.39, 0.29) is 11.9 Å². The number of rotatable bonds is 6. The highest BCUT2D eigenvalue weighted by molar-refractivity contribution is 5.51. The molecule has 0 unspecified atom stereocenters. The number of nitrogens with zero attached hydrogens (tertiary/aromatic N) is 1. The summed E-state index contributed by atoms with van der Waals surface area (Å²) in [5, 5.41) is 0. The van der Waals surface area contributed by atoms with E-state index in [4.69, 9.17) is 5.73 Å². The molecule has 1 atom stereocenters. The lowest BCUT2D eigenvalue weighted by Crippen LogP contribution is -2.28. The zero-order valence-corrected chi connectivity index (χ0v) is 12.2. The molecule has 0 radical (unpaired) electrons. The van der Waals surface area contributed by atoms with Gasteiger partial charge in [-0.05, 0) is 49.8 Å². The number of nitrogens with two attached hydrogens (primary N) is 1. The van der Waals surface area contributed by atoms with Crippen molar-refractivity contribution < 1.29 is 4.39 Å². The average molecular weight is 264 g/mol. The summed E-state index contributed by atoms with van der Waals surface area (Å²) in [5.41, 5.74) is 7.40. The minimum atomic E-state index is -0.134. The molecule has 1 aliphatic rings. The van der Waals surface area contributed by atoms with Gasteiger partial charge in [-0.3, -0.25) is 0 Å². The summed E-state index contributed by atoms with van der Waals surface area (Å²) in [6.45, 7) is 7.24. The second-order valence-electron chi connectivity index (χ2n) is 6.11. The number of benzene rings is 1. The fourth-order valence-corrected chi connectivity index (χ4v) is 2.32. The van der Waals surface area contributed by atoms with Gasteiger partial charge in [0.05, 0.1) is 5.69 Å². The SMILES string of the molecule is CC(C)CCN(c1ccc([C@H](C)N)cc1F)C1CC1. The molecule has 0 aromatic heterocycles. The van der Waals surface area contributed by atoms with Crippen LogP contribution in [0.15, 0.2) is 18.2 Å². The van der Waals surface area contributed by atoms with Crippen molar-refractivity contribution in [2.75, 3.05) is 11.4 Å². The van der Waals surface area contributed by atoms with Crippen LogP contribution in [0.2, 0.25) is 0 Å². The van der Waals surface area contributed by atoms with E-state index in [2.05, 4.69) is 18.7 Å². The summed E-state index contributed by atoms with van der Waals surface area (Å²) in [5.74, 6) is 0.512. The second-order valence-corrected chi connectivity index (χ2v) is 6.11. The van der Waals surface area contributed by atoms with Crippen LogP contribution in [-0.2, 0) is 0 Å². The smallest absolute Gasteiger partial charge is 0.146 e. The third-order valence-electron chi connectivity index (χ3n) is 3.74. The van der Waals surface area contributed by atoms with Crippen molar-refractivity contribution in [1.29, 1.82) is 0 Å². The van der Waals surface area contributed by atoms with Gasteiger partial charge in [0.1, 0.15) is 5.82 Å². The Balaban J connectivity index is 2.17. The first-order chi connectivity index (χ1) is 8.99. The van der Waals surface area contributed by atoms with Crippen LogP contribution in [0, 0.1) is 11.7 Å². The van der Waals surface area contributed by atoms with Crippen LogP contribution in [0.4, 0.5) is 10.1 Å². The molecule has 1 aliphatic carbocycles. The summed E-state index contributed by atoms with van der Waals surface area (Å²) in [6.07, 6.45) is 3.48. The fraction of sp³-hybridized carbons (Fsp3) is 0.625. The zero-order valence-electron chi connectivity index (χ0n) is 12.2. The topological polar surface area (TPSA) is 29.3 Å². The lowest BCUT2D eigenvalue weighted by Gasteiger charge is -2.26. The predicted molar refractivity (Wildman–Crippen MR) is 78.8 cm³/mol. The molecule has 1 saturated carbocycles. The maximum atomic E-state index is 14.3. The van der Waals surface area contributed by atoms with Gasteiger partial charge >= 0.3 is 0 Å². The standard InChI is InChI=1S/C16H25FN2/c1-11(2)8-9-19(14-5-6-14)16-7-4-13(12(3)18)10-15(16)17/h4,7,10-12,14H,5-6,8-9,18H2,1-3H3/t12-/m0/s1. The van der Waals surface area contributed by atoms with Crippen molar-refractivity contribution in [3.05, 3.63) is 29.6 Å². The van der Waals surface area contributed by atoms with Crippen molar-refractivity contribution >= 4 is 5.69 Å². The van der Waals surface area contributed by atoms with E-state index in [0.29, 0.717) is 12.0 Å². The number of hydrogen-bond acceptors (Lipinski definition) is 2. The van der Waals surface area contributed by atoms with E-state index >= 15 is 0 Å². The Morgan fingerprint density at radius 2 is 2.00 bits per heavy atom. The van der Waals surface area contributed by atoms with Gasteiger partial charge in [-0.1, -0.05) is 19.9 Å². The van der Waals surface area contributed by atoms with E-state index in [1.165, 1.54) is 12.8 Å². The Morgan fingerprint density at radius 1 is 1.32 bits per heavy atom. The number of anilines is 1. The molecule has 0 amide bonds. The molecule has 0 bridgehead atoms. The van der Waals surface area contributed by atoms with Gasteiger partial charge < -0.3 is 10.6 Å². The Kier molecular flexibility index (Phi) is 4.46. The van der Waals surface area contributed by atoms with Crippen LogP contribution in [0.25, 0.3) is 0 Å². The van der Waals surface area contributed by atoms with Crippen LogP contribution in [-0.4, -0.2) is 12.6 Å². The quantitative estimate of drug-likeness (QED) is 0.845. The van der Waals surface area contributed by atoms with E-state index in [1.54, 1.807) is 6.07 Å². The molecule has 1 aromatic rings. The van der Waals surface area contributed by atoms with Crippen molar-refractivity contribution in [3.63, 3.8) is 0 Å². The maximum absolute atomic E-state index is 14.3. The first-order valence-electron chi connectivity index (χ1n) is 7.30. The predicted octanol–water partition coefficient (Wildman–Crippen LogP) is 3.86. The maximum Gasteiger partial charge on any atom is 0.146 e. The van der Waals surface area contributed by atoms with Gasteiger partial charge in [0, 0.05) is 18.6 Å². The Labute approximate surface area is 115 Å². The molecule has 1 aromatic carbocycles. The average Bonchev–Trinajstić information content (AvgIpc) is 3.14. The van der Waals surface area contributed by atoms with Crippen molar-refractivity contribution in [1.82, 2.24) is 0 Å². The van der Waals surface area contributed by atoms with E-state index < -0.39 is 0 Å². The monoisotopic (exact) mass is 264 g/mol. The van der Waals surface area contributed by atoms with Gasteiger partial charge in [0.15, 0.2) is 0 Å². The molecule has 0 heterocycles. The van der Waals surface area contributed by atoms with E-state index in [0.717, 1.165) is 24.2 Å². The van der Waals surface area contributed by atoms with Gasteiger partial charge in [0.2, 0.25) is 0 Å². The molecule has 3 heteroatoms. The highest BCUT2D eigenvalue weighted by Gasteiger charge is 2.30. The third kappa shape index (κ3) is 3.69. The van der Waals surface area contributed by atoms with Crippen LogP contribution < -0.4 is 10.6 Å². The van der Waals surface area contributed by atoms with Gasteiger partial charge in [-0.15, -0.1) is 0 Å². The third-order valence-corrected chi connectivity index (χ3v) is 3.74. The van der Waals surface area contributed by atoms with E-state index in [1.807, 2.05) is 19.1 Å². The minimum Gasteiger partial charge on any atom is -0.366 e. The summed E-state index contributed by atoms with van der Waals surface area (Å²) < 4.78 is 14.3. The van der Waals surface area contributed by atoms with Gasteiger partial charge in [-0.2, -0.15) is 0 Å². The molecular formula is C16H25FN2. The molecule has 0 saturated heterocycles. The largest absolute Gasteiger partial charge is 0.366 e. The Bertz CT molecular complexity index is 425. The van der Waals surface area contributed by atoms with Crippen molar-refractivity contribution in [2.45, 2.75) is 52.1 Å². The van der Waals surface area contributed by atoms with Crippen molar-refractivity contribution in [3.8, 4) is 0 Å². The van der Waals surface area contributed by atoms with Crippen molar-refractivity contribution in [2.24, 2.45) is 11.7 Å². The fourth-order valence-electron chi connectivity index (χ4n) is 2.32. The lowest BCUT2D eigenvalue weighted by molar-refractivity contribution is 0.558. The van der Waals surface area contributed by atoms with Crippen LogP contribution in [0.5, 0.6) is 0 Å². The Morgan fingerprint density at radius 3 is 2.47 bits per heavy atom. The number of hydrogen-bond donors (Lipinski definition) is 1. The second kappa shape index (κ2) is 5.91. The summed E-state index contributed by atoms with van der Waals surface area (Å²) in [7, 11) is 0. The minimum absolute atomic E-state index is 0.117. The molecule has 0 spiro atoms. The summed E-state index contributed by atoms with van der Waals surface area (Å²) >= 11 is 0. The van der Waals surface area contributed by atoms with Crippen LogP contribution in [0.1, 0.15) is 51.6 Å². The molecule has 1 fully saturated rings. The van der Waals surface area contributed by atoms with Gasteiger partial charge in [-0.25, -0.2) is 4.39 Å². The zero-order chi connectivity index (χ0) is 14.0. The normalized spacial score (nSPS) is 16.7. The molecule has 0 aliphatic heterocycles. The van der Waals surface area contributed by atoms with Crippen LogP contribution >= 0.6 is 0 Å². The van der Waals surface area contributed by atoms with Crippen LogP contribution in [0.3, 0.4) is 0 Å². The molecular weight excluding hydrogens is 239 g/mol. The Hall–Kier alpha value is -1.09. The molecule has 2 N–H and O–H groups in total. The molecule has 2 rings (SSSR count). The lowest BCUT2D eigenvalue weighted by atomic mass is 10.1. The first kappa shape index (κ1) is 14.3. The summed E-state index contributed by atoms with van der Waals surface area (Å²) in [4.78, 5) is 2.24. The highest BCUT2D eigenvalue weighted by atomic mass is 19.1. The molecule has 19 heavy (non-hydrogen) atoms. The van der Waals surface area contributed by atoms with Gasteiger partial charge in [0.25, 0.3) is 0 Å². The highest BCUT2D eigenvalue weighted by Crippen LogP contribution is 2.34. The first-order valence-corrected chi connectivity index (χ1v) is 7.30.